The maximum atomic E-state index is 5.72. The van der Waals surface area contributed by atoms with E-state index in [0.29, 0.717) is 6.61 Å². The molecule has 0 N–H and O–H groups in total. The predicted molar refractivity (Wildman–Crippen MR) is 74.2 cm³/mol. The molecule has 2 rings (SSSR count). The van der Waals surface area contributed by atoms with E-state index in [4.69, 9.17) is 9.47 Å². The molecule has 0 aliphatic heterocycles. The van der Waals surface area contributed by atoms with E-state index in [1.807, 2.05) is 55.5 Å². The smallest absolute Gasteiger partial charge is 0.127 e. The second kappa shape index (κ2) is 5.92. The third kappa shape index (κ3) is 3.14. The minimum atomic E-state index is 0.670. The third-order valence-electron chi connectivity index (χ3n) is 2.49. The Bertz CT molecular complexity index is 498. The monoisotopic (exact) mass is 240 g/mol. The lowest BCUT2D eigenvalue weighted by atomic mass is 10.2. The molecule has 0 atom stereocenters. The molecule has 2 aromatic carbocycles. The molecule has 0 radical (unpaired) electrons. The van der Waals surface area contributed by atoms with Gasteiger partial charge in [-0.3, -0.25) is 0 Å². The maximum Gasteiger partial charge on any atom is 0.127 e. The van der Waals surface area contributed by atoms with Gasteiger partial charge in [0.05, 0.1) is 6.61 Å². The SMILES string of the molecule is C=Cc1ccc(Oc2ccc(OCC)cc2)cc1. The highest BCUT2D eigenvalue weighted by atomic mass is 16.5. The molecule has 0 saturated heterocycles. The number of hydrogen-bond donors (Lipinski definition) is 0. The van der Waals surface area contributed by atoms with Crippen LogP contribution in [0.2, 0.25) is 0 Å². The van der Waals surface area contributed by atoms with Crippen LogP contribution in [0.4, 0.5) is 0 Å². The second-order valence-corrected chi connectivity index (χ2v) is 3.78. The van der Waals surface area contributed by atoms with Gasteiger partial charge in [0, 0.05) is 0 Å². The van der Waals surface area contributed by atoms with E-state index < -0.39 is 0 Å². The van der Waals surface area contributed by atoms with Crippen LogP contribution in [-0.2, 0) is 0 Å². The van der Waals surface area contributed by atoms with Gasteiger partial charge >= 0.3 is 0 Å². The van der Waals surface area contributed by atoms with Gasteiger partial charge < -0.3 is 9.47 Å². The number of hydrogen-bond acceptors (Lipinski definition) is 2. The molecule has 0 spiro atoms. The van der Waals surface area contributed by atoms with Gasteiger partial charge in [-0.1, -0.05) is 24.8 Å². The van der Waals surface area contributed by atoms with Crippen LogP contribution in [0.25, 0.3) is 6.08 Å². The van der Waals surface area contributed by atoms with Crippen molar-refractivity contribution in [2.75, 3.05) is 6.61 Å². The fraction of sp³-hybridized carbons (Fsp3) is 0.125. The summed E-state index contributed by atoms with van der Waals surface area (Å²) in [5, 5.41) is 0. The van der Waals surface area contributed by atoms with Crippen LogP contribution in [0.5, 0.6) is 17.2 Å². The molecule has 0 heterocycles. The maximum absolute atomic E-state index is 5.72. The van der Waals surface area contributed by atoms with Crippen LogP contribution in [0.1, 0.15) is 12.5 Å². The fourth-order valence-corrected chi connectivity index (χ4v) is 1.58. The molecule has 18 heavy (non-hydrogen) atoms. The van der Waals surface area contributed by atoms with Gasteiger partial charge in [0.2, 0.25) is 0 Å². The highest BCUT2D eigenvalue weighted by Gasteiger charge is 1.98. The Kier molecular flexibility index (Phi) is 4.02. The van der Waals surface area contributed by atoms with Crippen LogP contribution in [-0.4, -0.2) is 6.61 Å². The quantitative estimate of drug-likeness (QED) is 0.765. The average molecular weight is 240 g/mol. The van der Waals surface area contributed by atoms with Crippen LogP contribution in [0.3, 0.4) is 0 Å². The van der Waals surface area contributed by atoms with Gasteiger partial charge in [-0.25, -0.2) is 0 Å². The van der Waals surface area contributed by atoms with Crippen molar-refractivity contribution in [2.24, 2.45) is 0 Å². The third-order valence-corrected chi connectivity index (χ3v) is 2.49. The van der Waals surface area contributed by atoms with Gasteiger partial charge in [-0.15, -0.1) is 0 Å². The van der Waals surface area contributed by atoms with E-state index in [0.717, 1.165) is 22.8 Å². The molecular weight excluding hydrogens is 224 g/mol. The van der Waals surface area contributed by atoms with E-state index in [2.05, 4.69) is 6.58 Å². The molecule has 0 aliphatic rings. The Morgan fingerprint density at radius 2 is 1.39 bits per heavy atom. The molecule has 0 bridgehead atoms. The lowest BCUT2D eigenvalue weighted by molar-refractivity contribution is 0.339. The van der Waals surface area contributed by atoms with Crippen molar-refractivity contribution in [1.29, 1.82) is 0 Å². The van der Waals surface area contributed by atoms with Crippen molar-refractivity contribution >= 4 is 6.08 Å². The molecule has 0 aromatic heterocycles. The molecule has 2 nitrogen and oxygen atoms in total. The predicted octanol–water partition coefficient (Wildman–Crippen LogP) is 4.52. The van der Waals surface area contributed by atoms with Gasteiger partial charge in [0.25, 0.3) is 0 Å². The zero-order valence-electron chi connectivity index (χ0n) is 10.4. The fourth-order valence-electron chi connectivity index (χ4n) is 1.58. The normalized spacial score (nSPS) is 9.83. The summed E-state index contributed by atoms with van der Waals surface area (Å²) >= 11 is 0. The van der Waals surface area contributed by atoms with Gasteiger partial charge in [-0.2, -0.15) is 0 Å². The summed E-state index contributed by atoms with van der Waals surface area (Å²) in [4.78, 5) is 0. The standard InChI is InChI=1S/C16H16O2/c1-3-13-5-7-15(8-6-13)18-16-11-9-14(10-12-16)17-4-2/h3,5-12H,1,4H2,2H3. The van der Waals surface area contributed by atoms with Crippen molar-refractivity contribution in [1.82, 2.24) is 0 Å². The molecule has 0 amide bonds. The highest BCUT2D eigenvalue weighted by molar-refractivity contribution is 5.48. The number of rotatable bonds is 5. The van der Waals surface area contributed by atoms with Crippen LogP contribution < -0.4 is 9.47 Å². The van der Waals surface area contributed by atoms with Crippen molar-refractivity contribution in [3.63, 3.8) is 0 Å². The summed E-state index contributed by atoms with van der Waals surface area (Å²) in [6.07, 6.45) is 1.81. The van der Waals surface area contributed by atoms with Gasteiger partial charge in [-0.05, 0) is 48.9 Å². The first-order valence-electron chi connectivity index (χ1n) is 5.95. The van der Waals surface area contributed by atoms with E-state index >= 15 is 0 Å². The van der Waals surface area contributed by atoms with Crippen LogP contribution in [0, 0.1) is 0 Å². The highest BCUT2D eigenvalue weighted by Crippen LogP contribution is 2.24. The lowest BCUT2D eigenvalue weighted by Gasteiger charge is -2.07. The Morgan fingerprint density at radius 1 is 0.889 bits per heavy atom. The van der Waals surface area contributed by atoms with Crippen LogP contribution >= 0.6 is 0 Å². The largest absolute Gasteiger partial charge is 0.494 e. The molecule has 2 aromatic rings. The second-order valence-electron chi connectivity index (χ2n) is 3.78. The Balaban J connectivity index is 2.05. The minimum absolute atomic E-state index is 0.670. The zero-order valence-corrected chi connectivity index (χ0v) is 10.4. The van der Waals surface area contributed by atoms with E-state index in [-0.39, 0.29) is 0 Å². The molecule has 0 fully saturated rings. The first kappa shape index (κ1) is 12.2. The zero-order chi connectivity index (χ0) is 12.8. The Morgan fingerprint density at radius 3 is 1.89 bits per heavy atom. The molecule has 0 unspecified atom stereocenters. The van der Waals surface area contributed by atoms with Crippen molar-refractivity contribution < 1.29 is 9.47 Å². The summed E-state index contributed by atoms with van der Waals surface area (Å²) in [5.74, 6) is 2.46. The Labute approximate surface area is 107 Å². The topological polar surface area (TPSA) is 18.5 Å². The Hall–Kier alpha value is -2.22. The number of benzene rings is 2. The minimum Gasteiger partial charge on any atom is -0.494 e. The molecular formula is C16H16O2. The first-order valence-corrected chi connectivity index (χ1v) is 5.95. The van der Waals surface area contributed by atoms with Crippen molar-refractivity contribution in [2.45, 2.75) is 6.92 Å². The van der Waals surface area contributed by atoms with E-state index in [9.17, 15) is 0 Å². The van der Waals surface area contributed by atoms with Gasteiger partial charge in [0.1, 0.15) is 17.2 Å². The van der Waals surface area contributed by atoms with E-state index in [1.165, 1.54) is 0 Å². The summed E-state index contributed by atoms with van der Waals surface area (Å²) in [7, 11) is 0. The summed E-state index contributed by atoms with van der Waals surface area (Å²) in [5.41, 5.74) is 1.08. The summed E-state index contributed by atoms with van der Waals surface area (Å²) in [6, 6.07) is 15.4. The van der Waals surface area contributed by atoms with Crippen molar-refractivity contribution in [3.8, 4) is 17.2 Å². The summed E-state index contributed by atoms with van der Waals surface area (Å²) in [6.45, 7) is 6.35. The van der Waals surface area contributed by atoms with Crippen LogP contribution in [0.15, 0.2) is 55.1 Å². The summed E-state index contributed by atoms with van der Waals surface area (Å²) < 4.78 is 11.1. The van der Waals surface area contributed by atoms with Gasteiger partial charge in [0.15, 0.2) is 0 Å². The molecule has 2 heteroatoms. The molecule has 0 aliphatic carbocycles. The molecule has 0 saturated carbocycles. The average Bonchev–Trinajstić information content (AvgIpc) is 2.42. The molecule has 92 valence electrons. The van der Waals surface area contributed by atoms with E-state index in [1.54, 1.807) is 6.08 Å². The van der Waals surface area contributed by atoms with Crippen molar-refractivity contribution in [3.05, 3.63) is 60.7 Å². The first-order chi connectivity index (χ1) is 8.81. The number of ether oxygens (including phenoxy) is 2. The lowest BCUT2D eigenvalue weighted by Crippen LogP contribution is -1.91.